The second-order valence-corrected chi connectivity index (χ2v) is 5.01. The van der Waals surface area contributed by atoms with Gasteiger partial charge >= 0.3 is 0 Å². The van der Waals surface area contributed by atoms with Crippen molar-refractivity contribution in [1.29, 1.82) is 0 Å². The summed E-state index contributed by atoms with van der Waals surface area (Å²) in [5.74, 6) is -0.824. The van der Waals surface area contributed by atoms with Gasteiger partial charge in [-0.2, -0.15) is 0 Å². The molecule has 1 unspecified atom stereocenters. The topological polar surface area (TPSA) is 68.2 Å². The Morgan fingerprint density at radius 3 is 2.58 bits per heavy atom. The van der Waals surface area contributed by atoms with Gasteiger partial charge in [0.1, 0.15) is 12.2 Å². The molecule has 0 radical (unpaired) electrons. The zero-order chi connectivity index (χ0) is 13.9. The normalized spacial score (nSPS) is 27.4. The molecule has 0 aliphatic carbocycles. The third-order valence-electron chi connectivity index (χ3n) is 2.95. The lowest BCUT2D eigenvalue weighted by molar-refractivity contribution is -0.204. The molecule has 0 bridgehead atoms. The molecule has 2 N–H and O–H groups in total. The van der Waals surface area contributed by atoms with Crippen LogP contribution in [0, 0.1) is 0 Å². The van der Waals surface area contributed by atoms with E-state index in [2.05, 4.69) is 0 Å². The SMILES string of the molecule is CC1(C)O[C@@H](CO)[C@H](C(O)OCc2ccccc2)O1. The predicted molar refractivity (Wildman–Crippen MR) is 68.1 cm³/mol. The molecule has 106 valence electrons. The molecular weight excluding hydrogens is 248 g/mol. The van der Waals surface area contributed by atoms with Gasteiger partial charge in [0.2, 0.25) is 0 Å². The summed E-state index contributed by atoms with van der Waals surface area (Å²) in [6.45, 7) is 3.53. The third kappa shape index (κ3) is 3.75. The highest BCUT2D eigenvalue weighted by atomic mass is 16.8. The van der Waals surface area contributed by atoms with Crippen LogP contribution >= 0.6 is 0 Å². The van der Waals surface area contributed by atoms with Gasteiger partial charge in [-0.1, -0.05) is 30.3 Å². The minimum Gasteiger partial charge on any atom is -0.394 e. The maximum absolute atomic E-state index is 10.0. The zero-order valence-corrected chi connectivity index (χ0v) is 11.2. The van der Waals surface area contributed by atoms with Crippen molar-refractivity contribution in [3.8, 4) is 0 Å². The Kier molecular flexibility index (Phi) is 4.54. The number of benzene rings is 1. The molecule has 1 aliphatic heterocycles. The average molecular weight is 268 g/mol. The Hall–Kier alpha value is -0.980. The summed E-state index contributed by atoms with van der Waals surface area (Å²) in [7, 11) is 0. The van der Waals surface area contributed by atoms with Crippen molar-refractivity contribution in [3.63, 3.8) is 0 Å². The van der Waals surface area contributed by atoms with Crippen LogP contribution in [-0.4, -0.2) is 41.1 Å². The van der Waals surface area contributed by atoms with Crippen molar-refractivity contribution in [3.05, 3.63) is 35.9 Å². The maximum Gasteiger partial charge on any atom is 0.184 e. The van der Waals surface area contributed by atoms with Crippen molar-refractivity contribution in [2.24, 2.45) is 0 Å². The van der Waals surface area contributed by atoms with Crippen molar-refractivity contribution < 1.29 is 24.4 Å². The van der Waals surface area contributed by atoms with E-state index in [1.165, 1.54) is 0 Å². The first-order valence-corrected chi connectivity index (χ1v) is 6.32. The van der Waals surface area contributed by atoms with Gasteiger partial charge in [0.15, 0.2) is 12.1 Å². The first kappa shape index (κ1) is 14.4. The lowest BCUT2D eigenvalue weighted by Gasteiger charge is -2.21. The molecule has 0 amide bonds. The summed E-state index contributed by atoms with van der Waals surface area (Å²) < 4.78 is 16.4. The summed E-state index contributed by atoms with van der Waals surface area (Å²) in [5, 5.41) is 19.2. The van der Waals surface area contributed by atoms with E-state index < -0.39 is 24.3 Å². The molecule has 19 heavy (non-hydrogen) atoms. The number of hydrogen-bond donors (Lipinski definition) is 2. The molecule has 1 heterocycles. The minimum absolute atomic E-state index is 0.222. The van der Waals surface area contributed by atoms with Crippen LogP contribution in [0.15, 0.2) is 30.3 Å². The Morgan fingerprint density at radius 1 is 1.26 bits per heavy atom. The van der Waals surface area contributed by atoms with Gasteiger partial charge in [-0.05, 0) is 19.4 Å². The van der Waals surface area contributed by atoms with Crippen LogP contribution < -0.4 is 0 Å². The largest absolute Gasteiger partial charge is 0.394 e. The van der Waals surface area contributed by atoms with Crippen LogP contribution in [0.1, 0.15) is 19.4 Å². The van der Waals surface area contributed by atoms with Gasteiger partial charge < -0.3 is 24.4 Å². The first-order valence-electron chi connectivity index (χ1n) is 6.32. The summed E-state index contributed by atoms with van der Waals surface area (Å²) in [5.41, 5.74) is 0.959. The fourth-order valence-corrected chi connectivity index (χ4v) is 2.10. The Bertz CT molecular complexity index is 392. The van der Waals surface area contributed by atoms with E-state index in [1.807, 2.05) is 30.3 Å². The van der Waals surface area contributed by atoms with Crippen molar-refractivity contribution in [2.45, 2.75) is 44.7 Å². The van der Waals surface area contributed by atoms with Gasteiger partial charge in [0.25, 0.3) is 0 Å². The van der Waals surface area contributed by atoms with E-state index in [0.717, 1.165) is 5.56 Å². The van der Waals surface area contributed by atoms with Gasteiger partial charge in [0, 0.05) is 0 Å². The number of aliphatic hydroxyl groups excluding tert-OH is 2. The molecule has 0 saturated carbocycles. The first-order chi connectivity index (χ1) is 9.02. The molecule has 1 aliphatic rings. The zero-order valence-electron chi connectivity index (χ0n) is 11.2. The minimum atomic E-state index is -1.14. The molecule has 2 rings (SSSR count). The predicted octanol–water partition coefficient (Wildman–Crippen LogP) is 1.03. The standard InChI is InChI=1S/C14H20O5/c1-14(2)18-11(8-15)12(19-14)13(16)17-9-10-6-4-3-5-7-10/h3-7,11-13,15-16H,8-9H2,1-2H3/t11-,12+,13?/m0/s1. The smallest absolute Gasteiger partial charge is 0.184 e. The van der Waals surface area contributed by atoms with Crippen LogP contribution in [0.25, 0.3) is 0 Å². The van der Waals surface area contributed by atoms with E-state index >= 15 is 0 Å². The number of aliphatic hydroxyl groups is 2. The highest BCUT2D eigenvalue weighted by molar-refractivity contribution is 5.13. The second kappa shape index (κ2) is 5.98. The van der Waals surface area contributed by atoms with Crippen LogP contribution in [0.5, 0.6) is 0 Å². The monoisotopic (exact) mass is 268 g/mol. The number of hydrogen-bond acceptors (Lipinski definition) is 5. The summed E-state index contributed by atoms with van der Waals surface area (Å²) in [4.78, 5) is 0. The van der Waals surface area contributed by atoms with Crippen LogP contribution in [-0.2, 0) is 20.8 Å². The van der Waals surface area contributed by atoms with Crippen LogP contribution in [0.2, 0.25) is 0 Å². The van der Waals surface area contributed by atoms with E-state index in [9.17, 15) is 10.2 Å². The quantitative estimate of drug-likeness (QED) is 0.781. The summed E-state index contributed by atoms with van der Waals surface area (Å²) in [6.07, 6.45) is -2.41. The lowest BCUT2D eigenvalue weighted by atomic mass is 10.2. The molecule has 5 heteroatoms. The van der Waals surface area contributed by atoms with Gasteiger partial charge in [-0.15, -0.1) is 0 Å². The van der Waals surface area contributed by atoms with Gasteiger partial charge in [-0.25, -0.2) is 0 Å². The van der Waals surface area contributed by atoms with E-state index in [4.69, 9.17) is 14.2 Å². The fraction of sp³-hybridized carbons (Fsp3) is 0.571. The Balaban J connectivity index is 1.90. The molecule has 3 atom stereocenters. The van der Waals surface area contributed by atoms with Crippen molar-refractivity contribution >= 4 is 0 Å². The van der Waals surface area contributed by atoms with E-state index in [1.54, 1.807) is 13.8 Å². The number of ether oxygens (including phenoxy) is 3. The fourth-order valence-electron chi connectivity index (χ4n) is 2.10. The Morgan fingerprint density at radius 2 is 1.95 bits per heavy atom. The maximum atomic E-state index is 10.0. The third-order valence-corrected chi connectivity index (χ3v) is 2.95. The highest BCUT2D eigenvalue weighted by Gasteiger charge is 2.45. The molecule has 1 aromatic rings. The highest BCUT2D eigenvalue weighted by Crippen LogP contribution is 2.30. The van der Waals surface area contributed by atoms with Crippen LogP contribution in [0.3, 0.4) is 0 Å². The molecule has 1 fully saturated rings. The van der Waals surface area contributed by atoms with E-state index in [0.29, 0.717) is 0 Å². The van der Waals surface area contributed by atoms with Crippen molar-refractivity contribution in [1.82, 2.24) is 0 Å². The average Bonchev–Trinajstić information content (AvgIpc) is 2.72. The molecule has 1 aromatic carbocycles. The van der Waals surface area contributed by atoms with Crippen LogP contribution in [0.4, 0.5) is 0 Å². The summed E-state index contributed by atoms with van der Waals surface area (Å²) in [6, 6.07) is 9.54. The van der Waals surface area contributed by atoms with Gasteiger partial charge in [0.05, 0.1) is 13.2 Å². The molecule has 0 spiro atoms. The van der Waals surface area contributed by atoms with E-state index in [-0.39, 0.29) is 13.2 Å². The Labute approximate surface area is 112 Å². The summed E-state index contributed by atoms with van der Waals surface area (Å²) >= 11 is 0. The molecule has 0 aromatic heterocycles. The lowest BCUT2D eigenvalue weighted by Crippen LogP contribution is -2.38. The molecular formula is C14H20O5. The van der Waals surface area contributed by atoms with Gasteiger partial charge in [-0.3, -0.25) is 0 Å². The number of rotatable bonds is 5. The van der Waals surface area contributed by atoms with Crippen molar-refractivity contribution in [2.75, 3.05) is 6.61 Å². The second-order valence-electron chi connectivity index (χ2n) is 5.01. The molecule has 1 saturated heterocycles. The molecule has 5 nitrogen and oxygen atoms in total.